The van der Waals surface area contributed by atoms with Crippen LogP contribution >= 0.6 is 11.3 Å². The van der Waals surface area contributed by atoms with Crippen molar-refractivity contribution in [2.75, 3.05) is 9.80 Å². The standard InChI is InChI=1S/C60H34N6O2S/c1-3-11-37-27-41-29-43(19-17-39(41)25-35(37)9-1)65(45-21-23-49-47-13-5-7-15-52(47)67-54(49)31-45)56-34-61-57-51-33-62-60(64-58(51)69-59(57)63-56)66(46-22-24-50-48-14-6-8-16-53(48)68-55(50)32-46)44-20-18-40-26-36-10-2-4-12-38(36)28-42(40)30-44/h1-34H. The molecule has 0 fully saturated rings. The van der Waals surface area contributed by atoms with Crippen molar-refractivity contribution in [2.45, 2.75) is 0 Å². The molecule has 322 valence electrons. The summed E-state index contributed by atoms with van der Waals surface area (Å²) in [6.45, 7) is 0. The van der Waals surface area contributed by atoms with Gasteiger partial charge in [0.05, 0.1) is 23.0 Å². The molecule has 8 nitrogen and oxygen atoms in total. The molecule has 0 aliphatic rings. The molecular weight excluding hydrogens is 869 g/mol. The van der Waals surface area contributed by atoms with E-state index in [9.17, 15) is 0 Å². The van der Waals surface area contributed by atoms with Gasteiger partial charge in [-0.3, -0.25) is 9.80 Å². The zero-order valence-corrected chi connectivity index (χ0v) is 37.4. The molecule has 5 heterocycles. The molecular formula is C60H34N6O2S. The number of nitrogens with zero attached hydrogens (tertiary/aromatic N) is 6. The van der Waals surface area contributed by atoms with E-state index in [2.05, 4.69) is 168 Å². The smallest absolute Gasteiger partial charge is 0.235 e. The summed E-state index contributed by atoms with van der Waals surface area (Å²) < 4.78 is 12.8. The van der Waals surface area contributed by atoms with Crippen LogP contribution in [-0.2, 0) is 0 Å². The minimum absolute atomic E-state index is 0.523. The molecule has 0 aliphatic heterocycles. The molecule has 0 unspecified atom stereocenters. The zero-order valence-electron chi connectivity index (χ0n) is 36.5. The van der Waals surface area contributed by atoms with Gasteiger partial charge in [0.1, 0.15) is 37.5 Å². The SMILES string of the molecule is c1ccc2cc3cc(N(c4ccc5c(c4)oc4ccccc45)c4cnc5c(n4)sc4nc(N(c6ccc7cc8ccccc8cc7c6)c6ccc7c(c6)oc6ccccc67)ncc45)ccc3cc2c1. The number of furan rings is 2. The molecule has 0 spiro atoms. The number of hydrogen-bond donors (Lipinski definition) is 0. The fourth-order valence-corrected chi connectivity index (χ4v) is 11.1. The first-order valence-electron chi connectivity index (χ1n) is 22.8. The van der Waals surface area contributed by atoms with Crippen molar-refractivity contribution in [2.24, 2.45) is 0 Å². The van der Waals surface area contributed by atoms with Crippen molar-refractivity contribution in [1.29, 1.82) is 0 Å². The summed E-state index contributed by atoms with van der Waals surface area (Å²) in [4.78, 5) is 26.7. The molecule has 0 N–H and O–H groups in total. The fourth-order valence-electron chi connectivity index (χ4n) is 10.2. The highest BCUT2D eigenvalue weighted by molar-refractivity contribution is 7.25. The van der Waals surface area contributed by atoms with Crippen LogP contribution < -0.4 is 9.80 Å². The third kappa shape index (κ3) is 6.07. The minimum Gasteiger partial charge on any atom is -0.456 e. The molecule has 0 atom stereocenters. The molecule has 10 aromatic carbocycles. The summed E-state index contributed by atoms with van der Waals surface area (Å²) in [6, 6.07) is 68.0. The summed E-state index contributed by atoms with van der Waals surface area (Å²) in [7, 11) is 0. The van der Waals surface area contributed by atoms with E-state index in [1.807, 2.05) is 48.8 Å². The molecule has 15 rings (SSSR count). The average Bonchev–Trinajstić information content (AvgIpc) is 4.08. The topological polar surface area (TPSA) is 84.3 Å². The zero-order chi connectivity index (χ0) is 45.2. The van der Waals surface area contributed by atoms with Gasteiger partial charge in [0.2, 0.25) is 5.95 Å². The van der Waals surface area contributed by atoms with Crippen LogP contribution in [0, 0.1) is 0 Å². The Hall–Kier alpha value is -9.18. The van der Waals surface area contributed by atoms with Crippen molar-refractivity contribution < 1.29 is 8.83 Å². The Balaban J connectivity index is 0.887. The maximum Gasteiger partial charge on any atom is 0.235 e. The van der Waals surface area contributed by atoms with Crippen molar-refractivity contribution >= 4 is 153 Å². The number of rotatable bonds is 6. The Morgan fingerprint density at radius 2 is 0.797 bits per heavy atom. The Bertz CT molecular complexity index is 4320. The second kappa shape index (κ2) is 14.7. The molecule has 9 heteroatoms. The van der Waals surface area contributed by atoms with Gasteiger partial charge in [0.25, 0.3) is 0 Å². The third-order valence-electron chi connectivity index (χ3n) is 13.5. The Morgan fingerprint density at radius 1 is 0.333 bits per heavy atom. The molecule has 0 bridgehead atoms. The van der Waals surface area contributed by atoms with E-state index in [0.29, 0.717) is 11.8 Å². The highest BCUT2D eigenvalue weighted by atomic mass is 32.1. The van der Waals surface area contributed by atoms with E-state index in [1.54, 1.807) is 0 Å². The predicted octanol–water partition coefficient (Wildman–Crippen LogP) is 17.0. The van der Waals surface area contributed by atoms with Gasteiger partial charge in [-0.2, -0.15) is 0 Å². The molecule has 5 aromatic heterocycles. The highest BCUT2D eigenvalue weighted by Crippen LogP contribution is 2.43. The van der Waals surface area contributed by atoms with Crippen molar-refractivity contribution in [1.82, 2.24) is 19.9 Å². The van der Waals surface area contributed by atoms with Crippen LogP contribution in [0.1, 0.15) is 0 Å². The lowest BCUT2D eigenvalue weighted by Crippen LogP contribution is -2.13. The largest absolute Gasteiger partial charge is 0.456 e. The summed E-state index contributed by atoms with van der Waals surface area (Å²) in [5, 5.41) is 14.5. The molecule has 0 aliphatic carbocycles. The summed E-state index contributed by atoms with van der Waals surface area (Å²) in [5.74, 6) is 1.19. The molecule has 0 radical (unpaired) electrons. The quantitative estimate of drug-likeness (QED) is 0.153. The summed E-state index contributed by atoms with van der Waals surface area (Å²) >= 11 is 1.51. The van der Waals surface area contributed by atoms with Gasteiger partial charge in [-0.25, -0.2) is 19.9 Å². The van der Waals surface area contributed by atoms with Gasteiger partial charge >= 0.3 is 0 Å². The Labute approximate surface area is 396 Å². The van der Waals surface area contributed by atoms with Gasteiger partial charge in [0, 0.05) is 51.2 Å². The molecule has 0 saturated carbocycles. The van der Waals surface area contributed by atoms with Gasteiger partial charge < -0.3 is 8.83 Å². The molecule has 69 heavy (non-hydrogen) atoms. The number of fused-ring (bicyclic) bond motifs is 13. The Morgan fingerprint density at radius 3 is 1.39 bits per heavy atom. The van der Waals surface area contributed by atoms with Gasteiger partial charge in [0.15, 0.2) is 5.82 Å². The third-order valence-corrected chi connectivity index (χ3v) is 14.5. The number of thiophene rings is 1. The average molecular weight is 903 g/mol. The number of hydrogen-bond acceptors (Lipinski definition) is 9. The lowest BCUT2D eigenvalue weighted by atomic mass is 10.0. The van der Waals surface area contributed by atoms with E-state index in [-0.39, 0.29) is 0 Å². The van der Waals surface area contributed by atoms with Crippen LogP contribution in [0.2, 0.25) is 0 Å². The van der Waals surface area contributed by atoms with Crippen LogP contribution in [0.3, 0.4) is 0 Å². The second-order valence-corrected chi connectivity index (χ2v) is 18.5. The van der Waals surface area contributed by atoms with E-state index in [0.717, 1.165) is 109 Å². The van der Waals surface area contributed by atoms with E-state index in [4.69, 9.17) is 28.8 Å². The van der Waals surface area contributed by atoms with Gasteiger partial charge in [-0.15, -0.1) is 0 Å². The normalized spacial score (nSPS) is 12.1. The first-order valence-corrected chi connectivity index (χ1v) is 23.6. The van der Waals surface area contributed by atoms with Crippen molar-refractivity contribution in [3.05, 3.63) is 207 Å². The molecule has 15 aromatic rings. The van der Waals surface area contributed by atoms with Crippen molar-refractivity contribution in [3.63, 3.8) is 0 Å². The minimum atomic E-state index is 0.523. The number of benzene rings is 10. The second-order valence-electron chi connectivity index (χ2n) is 17.6. The first-order chi connectivity index (χ1) is 34.1. The monoisotopic (exact) mass is 902 g/mol. The number of para-hydroxylation sites is 2. The first kappa shape index (κ1) is 38.0. The molecule has 0 amide bonds. The van der Waals surface area contributed by atoms with E-state index >= 15 is 0 Å². The summed E-state index contributed by atoms with van der Waals surface area (Å²) in [6.07, 6.45) is 3.73. The maximum absolute atomic E-state index is 6.43. The summed E-state index contributed by atoms with van der Waals surface area (Å²) in [5.41, 5.74) is 7.68. The van der Waals surface area contributed by atoms with Crippen molar-refractivity contribution in [3.8, 4) is 0 Å². The maximum atomic E-state index is 6.43. The Kier molecular flexibility index (Phi) is 8.07. The van der Waals surface area contributed by atoms with Crippen LogP contribution in [-0.4, -0.2) is 19.9 Å². The predicted molar refractivity (Wildman–Crippen MR) is 284 cm³/mol. The van der Waals surface area contributed by atoms with Crippen LogP contribution in [0.15, 0.2) is 215 Å². The van der Waals surface area contributed by atoms with E-state index < -0.39 is 0 Å². The number of anilines is 6. The van der Waals surface area contributed by atoms with Gasteiger partial charge in [-0.1, -0.05) is 108 Å². The van der Waals surface area contributed by atoms with E-state index in [1.165, 1.54) is 32.9 Å². The lowest BCUT2D eigenvalue weighted by Gasteiger charge is -2.24. The van der Waals surface area contributed by atoms with Crippen LogP contribution in [0.25, 0.3) is 108 Å². The van der Waals surface area contributed by atoms with Crippen LogP contribution in [0.4, 0.5) is 34.5 Å². The molecule has 0 saturated heterocycles. The lowest BCUT2D eigenvalue weighted by molar-refractivity contribution is 0.668. The fraction of sp³-hybridized carbons (Fsp3) is 0. The number of aromatic nitrogens is 4. The van der Waals surface area contributed by atoms with Gasteiger partial charge in [-0.05, 0) is 128 Å². The highest BCUT2D eigenvalue weighted by Gasteiger charge is 2.23. The van der Waals surface area contributed by atoms with Crippen LogP contribution in [0.5, 0.6) is 0 Å².